The Morgan fingerprint density at radius 3 is 2.40 bits per heavy atom. The van der Waals surface area contributed by atoms with E-state index in [4.69, 9.17) is 5.26 Å². The molecule has 0 aromatic heterocycles. The van der Waals surface area contributed by atoms with Gasteiger partial charge in [0.25, 0.3) is 0 Å². The van der Waals surface area contributed by atoms with Crippen molar-refractivity contribution in [2.75, 3.05) is 0 Å². The van der Waals surface area contributed by atoms with Gasteiger partial charge >= 0.3 is 6.98 Å². The Kier molecular flexibility index (Phi) is 2.22. The van der Waals surface area contributed by atoms with Crippen molar-refractivity contribution in [1.82, 2.24) is 0 Å². The summed E-state index contributed by atoms with van der Waals surface area (Å²) in [5, 5.41) is 8.80. The Hall–Kier alpha value is -1.44. The smallest absolute Gasteiger partial charge is 0.445 e. The van der Waals surface area contributed by atoms with Crippen LogP contribution in [0.4, 0.5) is 12.9 Å². The van der Waals surface area contributed by atoms with Crippen molar-refractivity contribution in [2.45, 2.75) is 18.8 Å². The summed E-state index contributed by atoms with van der Waals surface area (Å²) in [6, 6.07) is 5.69. The van der Waals surface area contributed by atoms with Crippen LogP contribution in [0.2, 0.25) is 0 Å². The summed E-state index contributed by atoms with van der Waals surface area (Å²) in [4.78, 5) is 0. The van der Waals surface area contributed by atoms with Crippen molar-refractivity contribution in [3.63, 3.8) is 0 Å². The normalized spacial score (nSPS) is 16.1. The summed E-state index contributed by atoms with van der Waals surface area (Å²) in [5.74, 6) is 0.165. The summed E-state index contributed by atoms with van der Waals surface area (Å²) < 4.78 is 37.8. The van der Waals surface area contributed by atoms with Gasteiger partial charge < -0.3 is 12.9 Å². The van der Waals surface area contributed by atoms with Crippen LogP contribution in [0.5, 0.6) is 0 Å². The number of nitriles is 1. The highest BCUT2D eigenvalue weighted by Gasteiger charge is 2.33. The first-order valence-electron chi connectivity index (χ1n) is 4.77. The van der Waals surface area contributed by atoms with E-state index >= 15 is 0 Å². The predicted molar refractivity (Wildman–Crippen MR) is 51.8 cm³/mol. The summed E-state index contributed by atoms with van der Waals surface area (Å²) in [6.45, 7) is -5.08. The highest BCUT2D eigenvalue weighted by Crippen LogP contribution is 2.41. The quantitative estimate of drug-likeness (QED) is 0.687. The third-order valence-corrected chi connectivity index (χ3v) is 2.61. The average molecular weight is 210 g/mol. The molecule has 0 amide bonds. The molecule has 15 heavy (non-hydrogen) atoms. The number of hydrogen-bond donors (Lipinski definition) is 0. The van der Waals surface area contributed by atoms with Crippen LogP contribution in [0, 0.1) is 11.3 Å². The molecule has 1 aliphatic rings. The molecule has 0 N–H and O–H groups in total. The van der Waals surface area contributed by atoms with Gasteiger partial charge in [-0.3, -0.25) is 0 Å². The maximum atomic E-state index is 12.6. The Morgan fingerprint density at radius 1 is 1.27 bits per heavy atom. The summed E-state index contributed by atoms with van der Waals surface area (Å²) >= 11 is 0. The molecule has 5 heteroatoms. The molecule has 0 saturated heterocycles. The van der Waals surface area contributed by atoms with Crippen molar-refractivity contribution in [2.24, 2.45) is 0 Å². The predicted octanol–water partition coefficient (Wildman–Crippen LogP) is 2.49. The zero-order valence-electron chi connectivity index (χ0n) is 7.88. The molecule has 0 spiro atoms. The standard InChI is InChI=1S/C10H8BF3N/c12-11(13,14)10-3-1-2-8(7-4-5-7)9(10)6-15/h1-3,7H,4-5H2/q-1. The fourth-order valence-electron chi connectivity index (χ4n) is 1.73. The van der Waals surface area contributed by atoms with Gasteiger partial charge in [-0.1, -0.05) is 23.7 Å². The van der Waals surface area contributed by atoms with Crippen molar-refractivity contribution >= 4 is 12.4 Å². The molecule has 2 rings (SSSR count). The lowest BCUT2D eigenvalue weighted by Crippen LogP contribution is -2.36. The zero-order valence-corrected chi connectivity index (χ0v) is 7.88. The second-order valence-electron chi connectivity index (χ2n) is 3.77. The first-order valence-corrected chi connectivity index (χ1v) is 4.77. The maximum Gasteiger partial charge on any atom is 0.510 e. The van der Waals surface area contributed by atoms with Crippen molar-refractivity contribution in [1.29, 1.82) is 5.26 Å². The molecule has 1 nitrogen and oxygen atoms in total. The molecular weight excluding hydrogens is 202 g/mol. The van der Waals surface area contributed by atoms with E-state index < -0.39 is 12.4 Å². The van der Waals surface area contributed by atoms with E-state index in [-0.39, 0.29) is 11.5 Å². The molecule has 1 saturated carbocycles. The van der Waals surface area contributed by atoms with Crippen LogP contribution >= 0.6 is 0 Å². The van der Waals surface area contributed by atoms with Gasteiger partial charge in [-0.05, 0) is 24.3 Å². The fraction of sp³-hybridized carbons (Fsp3) is 0.300. The van der Waals surface area contributed by atoms with Crippen molar-refractivity contribution < 1.29 is 12.9 Å². The monoisotopic (exact) mass is 210 g/mol. The lowest BCUT2D eigenvalue weighted by Gasteiger charge is -2.18. The number of hydrogen-bond acceptors (Lipinski definition) is 1. The topological polar surface area (TPSA) is 23.8 Å². The van der Waals surface area contributed by atoms with E-state index in [0.29, 0.717) is 5.56 Å². The second kappa shape index (κ2) is 3.30. The Bertz CT molecular complexity index is 429. The molecule has 1 aromatic rings. The van der Waals surface area contributed by atoms with E-state index in [2.05, 4.69) is 0 Å². The van der Waals surface area contributed by atoms with Crippen LogP contribution in [0.1, 0.15) is 29.9 Å². The third-order valence-electron chi connectivity index (χ3n) is 2.61. The highest BCUT2D eigenvalue weighted by atomic mass is 19.4. The lowest BCUT2D eigenvalue weighted by atomic mass is 9.75. The molecule has 1 fully saturated rings. The Morgan fingerprint density at radius 2 is 1.93 bits per heavy atom. The van der Waals surface area contributed by atoms with Gasteiger partial charge in [-0.15, -0.1) is 0 Å². The van der Waals surface area contributed by atoms with Crippen LogP contribution in [0.15, 0.2) is 18.2 Å². The van der Waals surface area contributed by atoms with E-state index in [1.165, 1.54) is 6.07 Å². The molecule has 0 atom stereocenters. The molecule has 0 unspecified atom stereocenters. The van der Waals surface area contributed by atoms with Gasteiger partial charge in [0.15, 0.2) is 0 Å². The first kappa shape index (κ1) is 10.1. The number of halogens is 3. The zero-order chi connectivity index (χ0) is 11.1. The lowest BCUT2D eigenvalue weighted by molar-refractivity contribution is 0.500. The number of rotatable bonds is 2. The number of benzene rings is 1. The molecule has 0 aliphatic heterocycles. The van der Waals surface area contributed by atoms with Crippen LogP contribution in [-0.4, -0.2) is 6.98 Å². The molecular formula is C10H8BF3N-. The summed E-state index contributed by atoms with van der Waals surface area (Å²) in [5.41, 5.74) is -0.358. The van der Waals surface area contributed by atoms with E-state index in [0.717, 1.165) is 18.9 Å². The van der Waals surface area contributed by atoms with Crippen LogP contribution < -0.4 is 5.46 Å². The molecule has 0 radical (unpaired) electrons. The molecule has 0 bridgehead atoms. The largest absolute Gasteiger partial charge is 0.510 e. The Balaban J connectivity index is 2.56. The molecule has 78 valence electrons. The Labute approximate surface area is 85.6 Å². The van der Waals surface area contributed by atoms with E-state index in [1.807, 2.05) is 0 Å². The summed E-state index contributed by atoms with van der Waals surface area (Å²) in [7, 11) is 0. The van der Waals surface area contributed by atoms with Crippen LogP contribution in [-0.2, 0) is 0 Å². The van der Waals surface area contributed by atoms with Gasteiger partial charge in [0.1, 0.15) is 0 Å². The summed E-state index contributed by atoms with van der Waals surface area (Å²) in [6.07, 6.45) is 1.78. The van der Waals surface area contributed by atoms with Crippen LogP contribution in [0.25, 0.3) is 0 Å². The van der Waals surface area contributed by atoms with E-state index in [1.54, 1.807) is 12.1 Å². The van der Waals surface area contributed by atoms with Gasteiger partial charge in [0.2, 0.25) is 0 Å². The van der Waals surface area contributed by atoms with Crippen molar-refractivity contribution in [3.8, 4) is 6.07 Å². The molecule has 0 heterocycles. The van der Waals surface area contributed by atoms with Gasteiger partial charge in [0.05, 0.1) is 6.07 Å². The minimum Gasteiger partial charge on any atom is -0.445 e. The van der Waals surface area contributed by atoms with Crippen molar-refractivity contribution in [3.05, 3.63) is 29.3 Å². The molecule has 1 aromatic carbocycles. The fourth-order valence-corrected chi connectivity index (χ4v) is 1.73. The minimum absolute atomic E-state index is 0.165. The van der Waals surface area contributed by atoms with Gasteiger partial charge in [-0.2, -0.15) is 5.26 Å². The van der Waals surface area contributed by atoms with Gasteiger partial charge in [-0.25, -0.2) is 0 Å². The molecule has 1 aliphatic carbocycles. The SMILES string of the molecule is N#Cc1c(C2CC2)cccc1[B-](F)(F)F. The third kappa shape index (κ3) is 1.85. The maximum absolute atomic E-state index is 12.6. The first-order chi connectivity index (χ1) is 7.04. The minimum atomic E-state index is -5.08. The van der Waals surface area contributed by atoms with Gasteiger partial charge in [0, 0.05) is 5.56 Å². The van der Waals surface area contributed by atoms with E-state index in [9.17, 15) is 12.9 Å². The highest BCUT2D eigenvalue weighted by molar-refractivity contribution is 6.74. The number of nitrogens with zero attached hydrogens (tertiary/aromatic N) is 1. The second-order valence-corrected chi connectivity index (χ2v) is 3.77. The average Bonchev–Trinajstić information content (AvgIpc) is 2.98. The van der Waals surface area contributed by atoms with Crippen LogP contribution in [0.3, 0.4) is 0 Å².